The van der Waals surface area contributed by atoms with Gasteiger partial charge in [0, 0.05) is 24.2 Å². The van der Waals surface area contributed by atoms with Crippen LogP contribution in [0, 0.1) is 17.0 Å². The van der Waals surface area contributed by atoms with Crippen LogP contribution in [0.1, 0.15) is 18.4 Å². The number of carbonyl (C=O) groups excluding carboxylic acids is 1. The largest absolute Gasteiger partial charge is 0.374 e. The third kappa shape index (κ3) is 4.68. The van der Waals surface area contributed by atoms with E-state index in [4.69, 9.17) is 11.6 Å². The summed E-state index contributed by atoms with van der Waals surface area (Å²) in [6.45, 7) is 3.68. The molecule has 0 saturated carbocycles. The van der Waals surface area contributed by atoms with Crippen molar-refractivity contribution in [2.75, 3.05) is 35.2 Å². The van der Waals surface area contributed by atoms with E-state index < -0.39 is 4.92 Å². The lowest BCUT2D eigenvalue weighted by Gasteiger charge is -2.22. The smallest absolute Gasteiger partial charge is 0.293 e. The lowest BCUT2D eigenvalue weighted by molar-refractivity contribution is -0.384. The summed E-state index contributed by atoms with van der Waals surface area (Å²) in [6.07, 6.45) is 2.28. The predicted molar refractivity (Wildman–Crippen MR) is 108 cm³/mol. The van der Waals surface area contributed by atoms with Gasteiger partial charge in [-0.3, -0.25) is 14.9 Å². The summed E-state index contributed by atoms with van der Waals surface area (Å²) in [7, 11) is 0. The molecule has 1 amide bonds. The summed E-state index contributed by atoms with van der Waals surface area (Å²) in [4.78, 5) is 25.3. The lowest BCUT2D eigenvalue weighted by Crippen LogP contribution is -2.24. The normalized spacial score (nSPS) is 13.5. The number of halogens is 1. The second-order valence-electron chi connectivity index (χ2n) is 6.54. The minimum absolute atomic E-state index is 0.0216. The zero-order valence-electron chi connectivity index (χ0n) is 15.0. The quantitative estimate of drug-likeness (QED) is 0.571. The molecule has 2 aromatic carbocycles. The number of nitrogens with zero attached hydrogens (tertiary/aromatic N) is 2. The first-order valence-corrected chi connectivity index (χ1v) is 9.15. The average Bonchev–Trinajstić information content (AvgIpc) is 3.16. The maximum absolute atomic E-state index is 12.3. The van der Waals surface area contributed by atoms with Crippen molar-refractivity contribution in [1.82, 2.24) is 0 Å². The number of nitro benzene ring substituents is 1. The number of hydrogen-bond acceptors (Lipinski definition) is 5. The molecular formula is C19H21ClN4O3. The van der Waals surface area contributed by atoms with Gasteiger partial charge < -0.3 is 15.5 Å². The Morgan fingerprint density at radius 2 is 1.93 bits per heavy atom. The number of aryl methyl sites for hydroxylation is 1. The molecule has 7 nitrogen and oxygen atoms in total. The Morgan fingerprint density at radius 1 is 1.19 bits per heavy atom. The van der Waals surface area contributed by atoms with Crippen molar-refractivity contribution in [2.24, 2.45) is 0 Å². The van der Waals surface area contributed by atoms with E-state index in [1.54, 1.807) is 25.1 Å². The van der Waals surface area contributed by atoms with Gasteiger partial charge in [-0.05, 0) is 49.6 Å². The van der Waals surface area contributed by atoms with E-state index >= 15 is 0 Å². The van der Waals surface area contributed by atoms with E-state index in [-0.39, 0.29) is 23.8 Å². The average molecular weight is 389 g/mol. The van der Waals surface area contributed by atoms with Crippen LogP contribution in [0.2, 0.25) is 5.02 Å². The van der Waals surface area contributed by atoms with Crippen molar-refractivity contribution in [1.29, 1.82) is 0 Å². The summed E-state index contributed by atoms with van der Waals surface area (Å²) >= 11 is 6.10. The maximum atomic E-state index is 12.3. The molecule has 2 N–H and O–H groups in total. The number of benzene rings is 2. The Morgan fingerprint density at radius 3 is 2.63 bits per heavy atom. The third-order valence-electron chi connectivity index (χ3n) is 4.47. The zero-order chi connectivity index (χ0) is 19.4. The first-order valence-electron chi connectivity index (χ1n) is 8.77. The van der Waals surface area contributed by atoms with Crippen molar-refractivity contribution < 1.29 is 9.72 Å². The molecule has 0 atom stereocenters. The van der Waals surface area contributed by atoms with E-state index in [2.05, 4.69) is 15.5 Å². The zero-order valence-corrected chi connectivity index (χ0v) is 15.8. The van der Waals surface area contributed by atoms with Crippen molar-refractivity contribution in [3.8, 4) is 0 Å². The second kappa shape index (κ2) is 8.26. The van der Waals surface area contributed by atoms with Gasteiger partial charge in [-0.25, -0.2) is 0 Å². The number of carbonyl (C=O) groups is 1. The number of amides is 1. The highest BCUT2D eigenvalue weighted by molar-refractivity contribution is 6.31. The van der Waals surface area contributed by atoms with Crippen molar-refractivity contribution in [3.05, 3.63) is 57.1 Å². The Labute approximate surface area is 162 Å². The van der Waals surface area contributed by atoms with Gasteiger partial charge >= 0.3 is 0 Å². The van der Waals surface area contributed by atoms with Crippen LogP contribution < -0.4 is 15.5 Å². The topological polar surface area (TPSA) is 87.5 Å². The highest BCUT2D eigenvalue weighted by atomic mass is 35.5. The minimum Gasteiger partial charge on any atom is -0.374 e. The monoisotopic (exact) mass is 388 g/mol. The van der Waals surface area contributed by atoms with Gasteiger partial charge in [0.25, 0.3) is 5.69 Å². The molecule has 8 heteroatoms. The van der Waals surface area contributed by atoms with Crippen molar-refractivity contribution in [3.63, 3.8) is 0 Å². The fourth-order valence-corrected chi connectivity index (χ4v) is 3.32. The van der Waals surface area contributed by atoms with Crippen LogP contribution in [-0.4, -0.2) is 30.5 Å². The number of anilines is 3. The van der Waals surface area contributed by atoms with E-state index in [1.807, 2.05) is 12.1 Å². The number of hydrogen-bond donors (Lipinski definition) is 2. The number of nitro groups is 1. The standard InChI is InChI=1S/C19H21ClN4O3/c1-13-4-6-15(18(10-13)24(26)27)22-19(25)12-21-16-11-14(20)5-7-17(16)23-8-2-3-9-23/h4-7,10-11,21H,2-3,8-9,12H2,1H3,(H,22,25). The molecule has 0 radical (unpaired) electrons. The molecule has 1 heterocycles. The molecule has 3 rings (SSSR count). The summed E-state index contributed by atoms with van der Waals surface area (Å²) in [6, 6.07) is 10.3. The molecule has 0 aromatic heterocycles. The summed E-state index contributed by atoms with van der Waals surface area (Å²) in [5.74, 6) is -0.366. The molecule has 0 spiro atoms. The molecule has 0 bridgehead atoms. The molecule has 142 valence electrons. The summed E-state index contributed by atoms with van der Waals surface area (Å²) in [5.41, 5.74) is 2.60. The Bertz CT molecular complexity index is 866. The highest BCUT2D eigenvalue weighted by Gasteiger charge is 2.18. The highest BCUT2D eigenvalue weighted by Crippen LogP contribution is 2.31. The fourth-order valence-electron chi connectivity index (χ4n) is 3.15. The molecule has 0 unspecified atom stereocenters. The maximum Gasteiger partial charge on any atom is 0.293 e. The summed E-state index contributed by atoms with van der Waals surface area (Å²) in [5, 5.41) is 17.5. The Kier molecular flexibility index (Phi) is 5.81. The second-order valence-corrected chi connectivity index (χ2v) is 6.97. The van der Waals surface area contributed by atoms with Gasteiger partial charge in [-0.15, -0.1) is 0 Å². The Balaban J connectivity index is 1.70. The van der Waals surface area contributed by atoms with Crippen LogP contribution in [0.5, 0.6) is 0 Å². The SMILES string of the molecule is Cc1ccc(NC(=O)CNc2cc(Cl)ccc2N2CCCC2)c([N+](=O)[O-])c1. The fraction of sp³-hybridized carbons (Fsp3) is 0.316. The van der Waals surface area contributed by atoms with Gasteiger partial charge in [0.05, 0.1) is 22.8 Å². The van der Waals surface area contributed by atoms with Crippen LogP contribution in [0.15, 0.2) is 36.4 Å². The molecule has 1 saturated heterocycles. The van der Waals surface area contributed by atoms with Crippen LogP contribution in [0.25, 0.3) is 0 Å². The first-order chi connectivity index (χ1) is 12.9. The third-order valence-corrected chi connectivity index (χ3v) is 4.70. The van der Waals surface area contributed by atoms with E-state index in [0.717, 1.165) is 42.9 Å². The molecule has 27 heavy (non-hydrogen) atoms. The van der Waals surface area contributed by atoms with Gasteiger partial charge in [0.2, 0.25) is 5.91 Å². The van der Waals surface area contributed by atoms with Crippen molar-refractivity contribution in [2.45, 2.75) is 19.8 Å². The molecule has 2 aromatic rings. The van der Waals surface area contributed by atoms with Crippen molar-refractivity contribution >= 4 is 40.3 Å². The van der Waals surface area contributed by atoms with Crippen LogP contribution >= 0.6 is 11.6 Å². The minimum atomic E-state index is -0.501. The van der Waals surface area contributed by atoms with E-state index in [0.29, 0.717) is 5.02 Å². The first kappa shape index (κ1) is 19.0. The number of nitrogens with one attached hydrogen (secondary N) is 2. The van der Waals surface area contributed by atoms with Gasteiger partial charge in [0.15, 0.2) is 0 Å². The van der Waals surface area contributed by atoms with Crippen LogP contribution in [0.4, 0.5) is 22.7 Å². The predicted octanol–water partition coefficient (Wildman–Crippen LogP) is 4.21. The van der Waals surface area contributed by atoms with E-state index in [1.165, 1.54) is 6.07 Å². The van der Waals surface area contributed by atoms with Gasteiger partial charge in [-0.1, -0.05) is 17.7 Å². The molecule has 1 aliphatic heterocycles. The molecule has 0 aliphatic carbocycles. The van der Waals surface area contributed by atoms with Gasteiger partial charge in [0.1, 0.15) is 5.69 Å². The van der Waals surface area contributed by atoms with Crippen LogP contribution in [0.3, 0.4) is 0 Å². The van der Waals surface area contributed by atoms with Crippen LogP contribution in [-0.2, 0) is 4.79 Å². The number of rotatable bonds is 6. The van der Waals surface area contributed by atoms with Gasteiger partial charge in [-0.2, -0.15) is 0 Å². The molecule has 1 fully saturated rings. The molecular weight excluding hydrogens is 368 g/mol. The lowest BCUT2D eigenvalue weighted by atomic mass is 10.2. The van der Waals surface area contributed by atoms with E-state index in [9.17, 15) is 14.9 Å². The molecule has 1 aliphatic rings. The summed E-state index contributed by atoms with van der Waals surface area (Å²) < 4.78 is 0. The Hall–Kier alpha value is -2.80.